The van der Waals surface area contributed by atoms with E-state index in [4.69, 9.17) is 18.6 Å². The second-order valence-electron chi connectivity index (χ2n) is 4.16. The molecule has 0 bridgehead atoms. The summed E-state index contributed by atoms with van der Waals surface area (Å²) in [7, 11) is 9.78. The van der Waals surface area contributed by atoms with E-state index in [-0.39, 0.29) is 0 Å². The van der Waals surface area contributed by atoms with Gasteiger partial charge in [0.05, 0.1) is 0 Å². The topological polar surface area (TPSA) is 0 Å². The van der Waals surface area contributed by atoms with Crippen LogP contribution in [-0.2, 0) is 17.0 Å². The Bertz CT molecular complexity index is 142. The van der Waals surface area contributed by atoms with Crippen molar-refractivity contribution in [3.05, 3.63) is 61.7 Å². The van der Waals surface area contributed by atoms with Crippen molar-refractivity contribution < 1.29 is 17.0 Å². The molecular weight excluding hydrogens is 299 g/mol. The predicted molar refractivity (Wildman–Crippen MR) is 77.8 cm³/mol. The van der Waals surface area contributed by atoms with Crippen molar-refractivity contribution >= 4 is 18.6 Å². The van der Waals surface area contributed by atoms with Crippen molar-refractivity contribution in [1.29, 1.82) is 0 Å². The van der Waals surface area contributed by atoms with Gasteiger partial charge in [-0.2, -0.15) is 0 Å². The SMILES string of the molecule is C[C]1[C](C)[C](C)[C](C)[C]1C.[CH]1[CH][CH][CH][CH]1.[Cl][Ti][Cl]. The molecule has 2 aliphatic rings. The van der Waals surface area contributed by atoms with Crippen LogP contribution in [0.5, 0.6) is 0 Å². The Hall–Kier alpha value is 1.29. The third kappa shape index (κ3) is 6.64. The van der Waals surface area contributed by atoms with Crippen LogP contribution >= 0.6 is 18.6 Å². The molecule has 0 aromatic rings. The Morgan fingerprint density at radius 1 is 0.556 bits per heavy atom. The fourth-order valence-corrected chi connectivity index (χ4v) is 1.73. The van der Waals surface area contributed by atoms with Gasteiger partial charge in [0.25, 0.3) is 0 Å². The number of hydrogen-bond donors (Lipinski definition) is 0. The molecule has 2 saturated carbocycles. The van der Waals surface area contributed by atoms with E-state index in [1.807, 2.05) is 32.1 Å². The molecule has 0 saturated heterocycles. The van der Waals surface area contributed by atoms with Gasteiger partial charge in [-0.25, -0.2) is 0 Å². The van der Waals surface area contributed by atoms with Crippen LogP contribution in [0.3, 0.4) is 0 Å². The summed E-state index contributed by atoms with van der Waals surface area (Å²) in [5.74, 6) is 7.34. The van der Waals surface area contributed by atoms with Crippen LogP contribution in [-0.4, -0.2) is 0 Å². The second kappa shape index (κ2) is 11.0. The Kier molecular flexibility index (Phi) is 11.8. The van der Waals surface area contributed by atoms with Crippen LogP contribution in [0.15, 0.2) is 0 Å². The number of hydrogen-bond acceptors (Lipinski definition) is 0. The minimum absolute atomic E-state index is 0.556. The fourth-order valence-electron chi connectivity index (χ4n) is 1.73. The molecule has 0 aliphatic heterocycles. The van der Waals surface area contributed by atoms with Gasteiger partial charge in [-0.1, -0.05) is 34.6 Å². The van der Waals surface area contributed by atoms with Crippen molar-refractivity contribution in [2.75, 3.05) is 0 Å². The van der Waals surface area contributed by atoms with Gasteiger partial charge < -0.3 is 0 Å². The molecule has 0 atom stereocenters. The van der Waals surface area contributed by atoms with E-state index in [1.165, 1.54) is 29.6 Å². The summed E-state index contributed by atoms with van der Waals surface area (Å²) in [6.07, 6.45) is 10.0. The van der Waals surface area contributed by atoms with Crippen LogP contribution in [0.4, 0.5) is 0 Å². The Morgan fingerprint density at radius 2 is 0.667 bits per heavy atom. The number of halogens is 2. The first-order valence-corrected chi connectivity index (χ1v) is 10.1. The van der Waals surface area contributed by atoms with Crippen molar-refractivity contribution in [1.82, 2.24) is 0 Å². The molecule has 3 heteroatoms. The molecule has 98 valence electrons. The molecular formula is C15H20Cl2Ti. The maximum atomic E-state index is 4.89. The molecule has 0 heterocycles. The normalized spacial score (nSPS) is 23.3. The standard InChI is InChI=1S/C10H15.C5H5.2ClH.Ti/c1-6-7(2)9(4)10(5)8(6)3;1-2-4-5-3-1;;;/h1-5H3;1-5H;2*1H;/q;;;;+2/p-2. The zero-order valence-electron chi connectivity index (χ0n) is 11.6. The van der Waals surface area contributed by atoms with Gasteiger partial charge in [0.1, 0.15) is 0 Å². The minimum atomic E-state index is -0.556. The molecule has 0 aromatic carbocycles. The molecule has 2 fully saturated rings. The van der Waals surface area contributed by atoms with Gasteiger partial charge in [-0.05, 0) is 61.7 Å². The van der Waals surface area contributed by atoms with Crippen molar-refractivity contribution in [2.24, 2.45) is 0 Å². The summed E-state index contributed by atoms with van der Waals surface area (Å²) < 4.78 is 0. The van der Waals surface area contributed by atoms with Crippen molar-refractivity contribution in [3.8, 4) is 0 Å². The molecule has 2 aliphatic carbocycles. The van der Waals surface area contributed by atoms with E-state index >= 15 is 0 Å². The van der Waals surface area contributed by atoms with E-state index in [1.54, 1.807) is 0 Å². The second-order valence-corrected chi connectivity index (χ2v) is 6.74. The molecule has 0 aromatic heterocycles. The van der Waals surface area contributed by atoms with E-state index < -0.39 is 17.0 Å². The average Bonchev–Trinajstić information content (AvgIpc) is 2.98. The quantitative estimate of drug-likeness (QED) is 0.527. The van der Waals surface area contributed by atoms with Crippen LogP contribution in [0.1, 0.15) is 34.6 Å². The first kappa shape index (κ1) is 19.3. The summed E-state index contributed by atoms with van der Waals surface area (Å²) in [5.41, 5.74) is 0. The Labute approximate surface area is 131 Å². The zero-order valence-corrected chi connectivity index (χ0v) is 14.7. The first-order valence-electron chi connectivity index (χ1n) is 5.79. The molecule has 0 N–H and O–H groups in total. The van der Waals surface area contributed by atoms with Gasteiger partial charge in [0, 0.05) is 0 Å². The van der Waals surface area contributed by atoms with Crippen molar-refractivity contribution in [3.63, 3.8) is 0 Å². The van der Waals surface area contributed by atoms with Crippen LogP contribution < -0.4 is 0 Å². The van der Waals surface area contributed by atoms with E-state index in [2.05, 4.69) is 34.6 Å². The van der Waals surface area contributed by atoms with E-state index in [9.17, 15) is 0 Å². The van der Waals surface area contributed by atoms with Gasteiger partial charge in [-0.3, -0.25) is 0 Å². The summed E-state index contributed by atoms with van der Waals surface area (Å²) in [6.45, 7) is 11.0. The van der Waals surface area contributed by atoms with E-state index in [0.717, 1.165) is 0 Å². The fraction of sp³-hybridized carbons (Fsp3) is 0.333. The Morgan fingerprint density at radius 3 is 0.778 bits per heavy atom. The number of rotatable bonds is 0. The summed E-state index contributed by atoms with van der Waals surface area (Å²) in [4.78, 5) is 0. The molecule has 2 rings (SSSR count). The van der Waals surface area contributed by atoms with Crippen LogP contribution in [0.25, 0.3) is 0 Å². The summed E-state index contributed by atoms with van der Waals surface area (Å²) >= 11 is -0.556. The van der Waals surface area contributed by atoms with Gasteiger partial charge in [-0.15, -0.1) is 0 Å². The van der Waals surface area contributed by atoms with Crippen molar-refractivity contribution in [2.45, 2.75) is 34.6 Å². The molecule has 0 spiro atoms. The maximum absolute atomic E-state index is 4.89. The zero-order chi connectivity index (χ0) is 14.1. The first-order chi connectivity index (χ1) is 8.47. The molecule has 18 heavy (non-hydrogen) atoms. The Balaban J connectivity index is 0.000000301. The van der Waals surface area contributed by atoms with Crippen LogP contribution in [0, 0.1) is 61.7 Å². The predicted octanol–water partition coefficient (Wildman–Crippen LogP) is 5.37. The molecule has 10 radical (unpaired) electrons. The van der Waals surface area contributed by atoms with Gasteiger partial charge in [0.15, 0.2) is 0 Å². The summed E-state index contributed by atoms with van der Waals surface area (Å²) in [6, 6.07) is 0. The van der Waals surface area contributed by atoms with Gasteiger partial charge >= 0.3 is 35.6 Å². The third-order valence-corrected chi connectivity index (χ3v) is 3.37. The molecule has 0 nitrogen and oxygen atoms in total. The molecule has 0 amide bonds. The molecule has 0 unspecified atom stereocenters. The van der Waals surface area contributed by atoms with E-state index in [0.29, 0.717) is 0 Å². The van der Waals surface area contributed by atoms with Gasteiger partial charge in [0.2, 0.25) is 0 Å². The summed E-state index contributed by atoms with van der Waals surface area (Å²) in [5, 5.41) is 0. The monoisotopic (exact) mass is 318 g/mol. The average molecular weight is 319 g/mol. The van der Waals surface area contributed by atoms with Crippen LogP contribution in [0.2, 0.25) is 0 Å². The third-order valence-electron chi connectivity index (χ3n) is 3.37.